The van der Waals surface area contributed by atoms with Gasteiger partial charge >= 0.3 is 0 Å². The summed E-state index contributed by atoms with van der Waals surface area (Å²) in [7, 11) is 0. The molecule has 0 bridgehead atoms. The maximum Gasteiger partial charge on any atom is 0.0726 e. The van der Waals surface area contributed by atoms with Gasteiger partial charge in [-0.1, -0.05) is 6.08 Å². The van der Waals surface area contributed by atoms with Gasteiger partial charge in [0.1, 0.15) is 0 Å². The van der Waals surface area contributed by atoms with Crippen LogP contribution in [-0.4, -0.2) is 50.9 Å². The second kappa shape index (κ2) is 10.7. The van der Waals surface area contributed by atoms with E-state index in [2.05, 4.69) is 6.58 Å². The molecule has 0 saturated carbocycles. The van der Waals surface area contributed by atoms with Gasteiger partial charge in [0.25, 0.3) is 0 Å². The largest absolute Gasteiger partial charge is 0.394 e. The van der Waals surface area contributed by atoms with Crippen molar-refractivity contribution in [3.8, 4) is 0 Å². The van der Waals surface area contributed by atoms with Crippen molar-refractivity contribution in [2.75, 3.05) is 39.6 Å². The lowest BCUT2D eigenvalue weighted by Gasteiger charge is -2.08. The minimum Gasteiger partial charge on any atom is -0.394 e. The Labute approximate surface area is 85.5 Å². The third-order valence-electron chi connectivity index (χ3n) is 1.55. The average Bonchev–Trinajstić information content (AvgIpc) is 2.21. The van der Waals surface area contributed by atoms with E-state index in [0.29, 0.717) is 33.0 Å². The minimum absolute atomic E-state index is 0.0555. The van der Waals surface area contributed by atoms with E-state index in [1.807, 2.05) is 6.92 Å². The molecule has 0 rings (SSSR count). The van der Waals surface area contributed by atoms with E-state index in [4.69, 9.17) is 19.3 Å². The molecule has 1 atom stereocenters. The molecule has 1 unspecified atom stereocenters. The Bertz CT molecular complexity index is 127. The first-order valence-electron chi connectivity index (χ1n) is 4.81. The lowest BCUT2D eigenvalue weighted by molar-refractivity contribution is -0.000472. The summed E-state index contributed by atoms with van der Waals surface area (Å²) in [6.07, 6.45) is 1.81. The fourth-order valence-corrected chi connectivity index (χ4v) is 0.747. The van der Waals surface area contributed by atoms with Crippen LogP contribution in [0, 0.1) is 0 Å². The SMILES string of the molecule is C=CC(C)OCCOCCOCCO. The zero-order valence-electron chi connectivity index (χ0n) is 8.78. The van der Waals surface area contributed by atoms with Gasteiger partial charge in [0.05, 0.1) is 45.7 Å². The van der Waals surface area contributed by atoms with Gasteiger partial charge < -0.3 is 19.3 Å². The van der Waals surface area contributed by atoms with Gasteiger partial charge in [-0.3, -0.25) is 0 Å². The van der Waals surface area contributed by atoms with Crippen molar-refractivity contribution in [1.82, 2.24) is 0 Å². The van der Waals surface area contributed by atoms with E-state index < -0.39 is 0 Å². The molecule has 0 saturated heterocycles. The van der Waals surface area contributed by atoms with Crippen LogP contribution in [0.2, 0.25) is 0 Å². The molecule has 0 aliphatic carbocycles. The van der Waals surface area contributed by atoms with Gasteiger partial charge in [0, 0.05) is 0 Å². The van der Waals surface area contributed by atoms with Crippen molar-refractivity contribution >= 4 is 0 Å². The van der Waals surface area contributed by atoms with Gasteiger partial charge in [-0.25, -0.2) is 0 Å². The summed E-state index contributed by atoms with van der Waals surface area (Å²) in [4.78, 5) is 0. The molecule has 0 radical (unpaired) electrons. The summed E-state index contributed by atoms with van der Waals surface area (Å²) in [5.74, 6) is 0. The number of aliphatic hydroxyl groups excluding tert-OH is 1. The van der Waals surface area contributed by atoms with Crippen LogP contribution in [-0.2, 0) is 14.2 Å². The molecule has 0 heterocycles. The van der Waals surface area contributed by atoms with Crippen molar-refractivity contribution in [3.05, 3.63) is 12.7 Å². The summed E-state index contributed by atoms with van der Waals surface area (Å²) >= 11 is 0. The molecular formula is C10H20O4. The first kappa shape index (κ1) is 13.6. The Morgan fingerprint density at radius 3 is 2.29 bits per heavy atom. The molecule has 0 spiro atoms. The average molecular weight is 204 g/mol. The molecule has 14 heavy (non-hydrogen) atoms. The number of rotatable bonds is 10. The summed E-state index contributed by atoms with van der Waals surface area (Å²) in [5, 5.41) is 8.40. The molecule has 4 heteroatoms. The Kier molecular flexibility index (Phi) is 10.3. The zero-order chi connectivity index (χ0) is 10.6. The van der Waals surface area contributed by atoms with Crippen LogP contribution in [0.1, 0.15) is 6.92 Å². The molecule has 84 valence electrons. The molecular weight excluding hydrogens is 184 g/mol. The van der Waals surface area contributed by atoms with Crippen molar-refractivity contribution in [1.29, 1.82) is 0 Å². The number of ether oxygens (including phenoxy) is 3. The monoisotopic (exact) mass is 204 g/mol. The van der Waals surface area contributed by atoms with Crippen LogP contribution in [0.5, 0.6) is 0 Å². The highest BCUT2D eigenvalue weighted by Gasteiger charge is 1.94. The lowest BCUT2D eigenvalue weighted by Crippen LogP contribution is -2.13. The summed E-state index contributed by atoms with van der Waals surface area (Å²) < 4.78 is 15.5. The topological polar surface area (TPSA) is 47.9 Å². The van der Waals surface area contributed by atoms with Gasteiger partial charge in [-0.2, -0.15) is 0 Å². The fourth-order valence-electron chi connectivity index (χ4n) is 0.747. The van der Waals surface area contributed by atoms with E-state index in [9.17, 15) is 0 Å². The Hall–Kier alpha value is -0.420. The lowest BCUT2D eigenvalue weighted by atomic mass is 10.4. The Balaban J connectivity index is 2.95. The molecule has 1 N–H and O–H groups in total. The molecule has 0 fully saturated rings. The standard InChI is InChI=1S/C10H20O4/c1-3-10(2)14-9-8-13-7-6-12-5-4-11/h3,10-11H,1,4-9H2,2H3. The van der Waals surface area contributed by atoms with E-state index in [1.165, 1.54) is 0 Å². The first-order chi connectivity index (χ1) is 6.81. The fraction of sp³-hybridized carbons (Fsp3) is 0.800. The van der Waals surface area contributed by atoms with Crippen LogP contribution in [0.15, 0.2) is 12.7 Å². The summed E-state index contributed by atoms with van der Waals surface area (Å²) in [5.41, 5.74) is 0. The molecule has 0 aromatic carbocycles. The second-order valence-corrected chi connectivity index (χ2v) is 2.76. The zero-order valence-corrected chi connectivity index (χ0v) is 8.78. The predicted molar refractivity (Wildman–Crippen MR) is 54.3 cm³/mol. The highest BCUT2D eigenvalue weighted by atomic mass is 16.5. The van der Waals surface area contributed by atoms with Gasteiger partial charge in [-0.15, -0.1) is 6.58 Å². The summed E-state index contributed by atoms with van der Waals surface area (Å²) in [6.45, 7) is 8.12. The molecule has 0 aromatic rings. The van der Waals surface area contributed by atoms with Gasteiger partial charge in [0.15, 0.2) is 0 Å². The minimum atomic E-state index is 0.0555. The van der Waals surface area contributed by atoms with Gasteiger partial charge in [-0.05, 0) is 6.92 Å². The molecule has 0 aliphatic rings. The van der Waals surface area contributed by atoms with Crippen LogP contribution >= 0.6 is 0 Å². The third kappa shape index (κ3) is 9.67. The maximum atomic E-state index is 8.40. The smallest absolute Gasteiger partial charge is 0.0726 e. The van der Waals surface area contributed by atoms with E-state index in [-0.39, 0.29) is 12.7 Å². The predicted octanol–water partition coefficient (Wildman–Crippen LogP) is 0.603. The molecule has 0 aliphatic heterocycles. The van der Waals surface area contributed by atoms with Crippen molar-refractivity contribution in [2.45, 2.75) is 13.0 Å². The molecule has 0 aromatic heterocycles. The van der Waals surface area contributed by atoms with Crippen molar-refractivity contribution in [3.63, 3.8) is 0 Å². The van der Waals surface area contributed by atoms with Crippen LogP contribution in [0.4, 0.5) is 0 Å². The maximum absolute atomic E-state index is 8.40. The molecule has 4 nitrogen and oxygen atoms in total. The highest BCUT2D eigenvalue weighted by Crippen LogP contribution is 1.90. The number of hydrogen-bond donors (Lipinski definition) is 1. The van der Waals surface area contributed by atoms with Crippen molar-refractivity contribution < 1.29 is 19.3 Å². The van der Waals surface area contributed by atoms with E-state index >= 15 is 0 Å². The van der Waals surface area contributed by atoms with E-state index in [1.54, 1.807) is 6.08 Å². The highest BCUT2D eigenvalue weighted by molar-refractivity contribution is 4.74. The second-order valence-electron chi connectivity index (χ2n) is 2.76. The number of hydrogen-bond acceptors (Lipinski definition) is 4. The van der Waals surface area contributed by atoms with Crippen LogP contribution < -0.4 is 0 Å². The van der Waals surface area contributed by atoms with Crippen LogP contribution in [0.25, 0.3) is 0 Å². The molecule has 0 amide bonds. The Morgan fingerprint density at radius 2 is 1.71 bits per heavy atom. The first-order valence-corrected chi connectivity index (χ1v) is 4.81. The van der Waals surface area contributed by atoms with Gasteiger partial charge in [0.2, 0.25) is 0 Å². The number of aliphatic hydroxyl groups is 1. The Morgan fingerprint density at radius 1 is 1.14 bits per heavy atom. The summed E-state index contributed by atoms with van der Waals surface area (Å²) in [6, 6.07) is 0. The van der Waals surface area contributed by atoms with E-state index in [0.717, 1.165) is 0 Å². The van der Waals surface area contributed by atoms with Crippen molar-refractivity contribution in [2.24, 2.45) is 0 Å². The quantitative estimate of drug-likeness (QED) is 0.418. The normalized spacial score (nSPS) is 12.7. The third-order valence-corrected chi connectivity index (χ3v) is 1.55. The van der Waals surface area contributed by atoms with Crippen LogP contribution in [0.3, 0.4) is 0 Å².